The Balaban J connectivity index is 2.45. The van der Waals surface area contributed by atoms with Crippen LogP contribution in [0.15, 0.2) is 0 Å². The van der Waals surface area contributed by atoms with Gasteiger partial charge in [-0.25, -0.2) is 4.79 Å². The van der Waals surface area contributed by atoms with Gasteiger partial charge in [-0.1, -0.05) is 6.92 Å². The van der Waals surface area contributed by atoms with E-state index < -0.39 is 0 Å². The molecule has 1 fully saturated rings. The van der Waals surface area contributed by atoms with Gasteiger partial charge >= 0.3 is 6.03 Å². The number of hydrogen-bond donors (Lipinski definition) is 1. The zero-order chi connectivity index (χ0) is 9.84. The van der Waals surface area contributed by atoms with Crippen LogP contribution in [0.1, 0.15) is 13.3 Å². The maximum absolute atomic E-state index is 11.6. The van der Waals surface area contributed by atoms with Crippen LogP contribution in [0.25, 0.3) is 0 Å². The van der Waals surface area contributed by atoms with Gasteiger partial charge in [0.1, 0.15) is 0 Å². The maximum Gasteiger partial charge on any atom is 0.320 e. The number of hydrogen-bond acceptors (Lipinski definition) is 2. The van der Waals surface area contributed by atoms with Crippen LogP contribution in [0.5, 0.6) is 0 Å². The number of likely N-dealkylation sites (N-methyl/N-ethyl adjacent to an activating group) is 2. The number of amides is 2. The molecule has 0 spiro atoms. The summed E-state index contributed by atoms with van der Waals surface area (Å²) >= 11 is 0. The van der Waals surface area contributed by atoms with Crippen molar-refractivity contribution in [1.82, 2.24) is 15.1 Å². The van der Waals surface area contributed by atoms with Crippen LogP contribution in [-0.4, -0.2) is 55.6 Å². The van der Waals surface area contributed by atoms with Gasteiger partial charge in [-0.15, -0.1) is 0 Å². The molecule has 2 amide bonds. The molecule has 1 atom stereocenters. The zero-order valence-electron chi connectivity index (χ0n) is 8.71. The van der Waals surface area contributed by atoms with Gasteiger partial charge in [-0.2, -0.15) is 0 Å². The molecule has 1 N–H and O–H groups in total. The van der Waals surface area contributed by atoms with Crippen LogP contribution in [0, 0.1) is 0 Å². The lowest BCUT2D eigenvalue weighted by Crippen LogP contribution is -2.34. The Morgan fingerprint density at radius 3 is 2.77 bits per heavy atom. The van der Waals surface area contributed by atoms with Crippen molar-refractivity contribution in [3.8, 4) is 0 Å². The minimum atomic E-state index is 0.169. The quantitative estimate of drug-likeness (QED) is 0.686. The van der Waals surface area contributed by atoms with Gasteiger partial charge in [0.25, 0.3) is 0 Å². The standard InChI is InChI=1S/C9H19N3O/c1-4-8-7-12(6-5-10-2)9(13)11(8)3/h8,10H,4-7H2,1-3H3. The fraction of sp³-hybridized carbons (Fsp3) is 0.889. The second kappa shape index (κ2) is 4.46. The van der Waals surface area contributed by atoms with Crippen molar-refractivity contribution >= 4 is 6.03 Å². The summed E-state index contributed by atoms with van der Waals surface area (Å²) in [7, 11) is 3.79. The monoisotopic (exact) mass is 185 g/mol. The van der Waals surface area contributed by atoms with E-state index in [2.05, 4.69) is 12.2 Å². The normalized spacial score (nSPS) is 23.0. The van der Waals surface area contributed by atoms with Crippen molar-refractivity contribution in [2.24, 2.45) is 0 Å². The van der Waals surface area contributed by atoms with Gasteiger partial charge in [0.2, 0.25) is 0 Å². The van der Waals surface area contributed by atoms with Gasteiger partial charge in [0.15, 0.2) is 0 Å². The number of nitrogens with one attached hydrogen (secondary N) is 1. The van der Waals surface area contributed by atoms with E-state index in [4.69, 9.17) is 0 Å². The first-order chi connectivity index (χ1) is 6.20. The molecule has 1 unspecified atom stereocenters. The first-order valence-corrected chi connectivity index (χ1v) is 4.87. The predicted molar refractivity (Wildman–Crippen MR) is 52.7 cm³/mol. The summed E-state index contributed by atoms with van der Waals surface area (Å²) in [5.74, 6) is 0. The average Bonchev–Trinajstić information content (AvgIpc) is 2.41. The molecule has 1 rings (SSSR count). The highest BCUT2D eigenvalue weighted by molar-refractivity contribution is 5.76. The molecule has 1 saturated heterocycles. The Hall–Kier alpha value is -0.770. The summed E-state index contributed by atoms with van der Waals surface area (Å²) in [5, 5.41) is 3.05. The summed E-state index contributed by atoms with van der Waals surface area (Å²) in [4.78, 5) is 15.4. The van der Waals surface area contributed by atoms with Gasteiger partial charge in [0, 0.05) is 26.7 Å². The summed E-state index contributed by atoms with van der Waals surface area (Å²) in [6.45, 7) is 4.69. The van der Waals surface area contributed by atoms with E-state index in [1.807, 2.05) is 23.9 Å². The summed E-state index contributed by atoms with van der Waals surface area (Å²) in [6, 6.07) is 0.575. The molecule has 13 heavy (non-hydrogen) atoms. The molecule has 4 nitrogen and oxygen atoms in total. The predicted octanol–water partition coefficient (Wildman–Crippen LogP) is 0.352. The van der Waals surface area contributed by atoms with Crippen molar-refractivity contribution in [3.63, 3.8) is 0 Å². The molecule has 0 radical (unpaired) electrons. The van der Waals surface area contributed by atoms with E-state index >= 15 is 0 Å². The first kappa shape index (κ1) is 10.3. The molecular weight excluding hydrogens is 166 g/mol. The second-order valence-corrected chi connectivity index (χ2v) is 3.51. The molecule has 76 valence electrons. The lowest BCUT2D eigenvalue weighted by molar-refractivity contribution is 0.195. The van der Waals surface area contributed by atoms with Crippen LogP contribution < -0.4 is 5.32 Å². The number of rotatable bonds is 4. The topological polar surface area (TPSA) is 35.6 Å². The van der Waals surface area contributed by atoms with E-state index in [-0.39, 0.29) is 6.03 Å². The summed E-state index contributed by atoms with van der Waals surface area (Å²) in [6.07, 6.45) is 1.04. The van der Waals surface area contributed by atoms with Crippen molar-refractivity contribution in [3.05, 3.63) is 0 Å². The first-order valence-electron chi connectivity index (χ1n) is 4.87. The molecular formula is C9H19N3O. The molecule has 0 aromatic carbocycles. The van der Waals surface area contributed by atoms with Gasteiger partial charge in [-0.05, 0) is 13.5 Å². The number of carbonyl (C=O) groups excluding carboxylic acids is 1. The highest BCUT2D eigenvalue weighted by atomic mass is 16.2. The molecule has 4 heteroatoms. The molecule has 0 aromatic rings. The van der Waals surface area contributed by atoms with Crippen molar-refractivity contribution in [2.75, 3.05) is 33.7 Å². The molecule has 1 heterocycles. The van der Waals surface area contributed by atoms with Crippen LogP contribution >= 0.6 is 0 Å². The van der Waals surface area contributed by atoms with Crippen LogP contribution in [0.3, 0.4) is 0 Å². The molecule has 0 saturated carbocycles. The summed E-state index contributed by atoms with van der Waals surface area (Å²) < 4.78 is 0. The number of urea groups is 1. The average molecular weight is 185 g/mol. The zero-order valence-corrected chi connectivity index (χ0v) is 8.71. The third-order valence-corrected chi connectivity index (χ3v) is 2.65. The fourth-order valence-corrected chi connectivity index (χ4v) is 1.67. The highest BCUT2D eigenvalue weighted by Crippen LogP contribution is 2.15. The van der Waals surface area contributed by atoms with Crippen molar-refractivity contribution in [2.45, 2.75) is 19.4 Å². The lowest BCUT2D eigenvalue weighted by Gasteiger charge is -2.15. The van der Waals surface area contributed by atoms with Gasteiger partial charge in [-0.3, -0.25) is 0 Å². The Morgan fingerprint density at radius 2 is 2.31 bits per heavy atom. The smallest absolute Gasteiger partial charge is 0.320 e. The largest absolute Gasteiger partial charge is 0.323 e. The molecule has 0 aliphatic carbocycles. The number of carbonyl (C=O) groups is 1. The van der Waals surface area contributed by atoms with E-state index in [0.29, 0.717) is 6.04 Å². The third kappa shape index (κ3) is 2.12. The van der Waals surface area contributed by atoms with Crippen LogP contribution in [0.2, 0.25) is 0 Å². The Kier molecular flexibility index (Phi) is 3.54. The highest BCUT2D eigenvalue weighted by Gasteiger charge is 2.32. The van der Waals surface area contributed by atoms with E-state index in [9.17, 15) is 4.79 Å². The Labute approximate surface area is 79.9 Å². The molecule has 0 aromatic heterocycles. The Morgan fingerprint density at radius 1 is 1.62 bits per heavy atom. The number of nitrogens with zero attached hydrogens (tertiary/aromatic N) is 2. The third-order valence-electron chi connectivity index (χ3n) is 2.65. The van der Waals surface area contributed by atoms with E-state index in [0.717, 1.165) is 26.1 Å². The second-order valence-electron chi connectivity index (χ2n) is 3.51. The lowest BCUT2D eigenvalue weighted by atomic mass is 10.2. The van der Waals surface area contributed by atoms with Crippen molar-refractivity contribution < 1.29 is 4.79 Å². The van der Waals surface area contributed by atoms with Gasteiger partial charge < -0.3 is 15.1 Å². The van der Waals surface area contributed by atoms with Crippen LogP contribution in [0.4, 0.5) is 4.79 Å². The SMILES string of the molecule is CCC1CN(CCNC)C(=O)N1C. The molecule has 0 bridgehead atoms. The van der Waals surface area contributed by atoms with Crippen LogP contribution in [-0.2, 0) is 0 Å². The van der Waals surface area contributed by atoms with E-state index in [1.54, 1.807) is 0 Å². The van der Waals surface area contributed by atoms with Gasteiger partial charge in [0.05, 0.1) is 6.04 Å². The molecule has 1 aliphatic rings. The minimum Gasteiger partial charge on any atom is -0.323 e. The Bertz CT molecular complexity index is 184. The fourth-order valence-electron chi connectivity index (χ4n) is 1.67. The minimum absolute atomic E-state index is 0.169. The molecule has 1 aliphatic heterocycles. The maximum atomic E-state index is 11.6. The summed E-state index contributed by atoms with van der Waals surface area (Å²) in [5.41, 5.74) is 0. The van der Waals surface area contributed by atoms with Crippen molar-refractivity contribution in [1.29, 1.82) is 0 Å². The van der Waals surface area contributed by atoms with E-state index in [1.165, 1.54) is 0 Å².